The molecule has 0 rings (SSSR count). The minimum absolute atomic E-state index is 0.249. The summed E-state index contributed by atoms with van der Waals surface area (Å²) in [6, 6.07) is 0. The number of rotatable bonds is 5. The summed E-state index contributed by atoms with van der Waals surface area (Å²) >= 11 is 0.249. The van der Waals surface area contributed by atoms with Gasteiger partial charge in [0.2, 0.25) is 0 Å². The van der Waals surface area contributed by atoms with Crippen LogP contribution in [-0.2, 0) is 17.2 Å². The third-order valence-electron chi connectivity index (χ3n) is 1.38. The van der Waals surface area contributed by atoms with Gasteiger partial charge in [0.05, 0.1) is 0 Å². The quantitative estimate of drug-likeness (QED) is 0.471. The predicted octanol–water partition coefficient (Wildman–Crippen LogP) is -1.71. The predicted molar refractivity (Wildman–Crippen MR) is 41.3 cm³/mol. The van der Waals surface area contributed by atoms with Crippen molar-refractivity contribution in [1.82, 2.24) is 0 Å². The fourth-order valence-corrected chi connectivity index (χ4v) is 0.986. The zero-order chi connectivity index (χ0) is 11.4. The van der Waals surface area contributed by atoms with Gasteiger partial charge in [0.25, 0.3) is 0 Å². The molecule has 0 saturated heterocycles. The van der Waals surface area contributed by atoms with Crippen LogP contribution in [0.25, 0.3) is 0 Å². The van der Waals surface area contributed by atoms with Crippen LogP contribution in [0.3, 0.4) is 0 Å². The first-order valence-electron chi connectivity index (χ1n) is 3.33. The molecule has 0 spiro atoms. The summed E-state index contributed by atoms with van der Waals surface area (Å²) in [6.45, 7) is 0. The van der Waals surface area contributed by atoms with E-state index in [4.69, 9.17) is 10.2 Å². The van der Waals surface area contributed by atoms with Crippen molar-refractivity contribution >= 4 is 43.1 Å². The van der Waals surface area contributed by atoms with Gasteiger partial charge in [-0.25, -0.2) is 0 Å². The number of hydrogen-bond acceptors (Lipinski definition) is 5. The van der Waals surface area contributed by atoms with Crippen molar-refractivity contribution in [1.29, 1.82) is 0 Å². The molecule has 0 aromatic rings. The Balaban J connectivity index is 4.63. The van der Waals surface area contributed by atoms with Crippen LogP contribution >= 0.6 is 0 Å². The first-order valence-corrected chi connectivity index (χ1v) is 4.75. The number of carbonyl (C=O) groups is 3. The van der Waals surface area contributed by atoms with Gasteiger partial charge >= 0.3 is 94.0 Å². The molecule has 3 N–H and O–H groups in total. The third kappa shape index (κ3) is 3.97. The van der Waals surface area contributed by atoms with Crippen molar-refractivity contribution in [2.24, 2.45) is 0 Å². The Labute approximate surface area is 94.1 Å². The van der Waals surface area contributed by atoms with E-state index in [2.05, 4.69) is 2.81 Å². The Morgan fingerprint density at radius 3 is 2.00 bits per heavy atom. The zero-order valence-corrected chi connectivity index (χ0v) is 10.3. The Hall–Kier alpha value is -0.747. The molecular formula is C6H7BiO7. The summed E-state index contributed by atoms with van der Waals surface area (Å²) in [4.78, 5) is 31.4. The monoisotopic (exact) mass is 400 g/mol. The van der Waals surface area contributed by atoms with Crippen molar-refractivity contribution in [3.05, 3.63) is 0 Å². The van der Waals surface area contributed by atoms with Crippen LogP contribution in [0.5, 0.6) is 0 Å². The van der Waals surface area contributed by atoms with Crippen molar-refractivity contribution in [3.8, 4) is 0 Å². The van der Waals surface area contributed by atoms with E-state index in [0.717, 1.165) is 0 Å². The second kappa shape index (κ2) is 5.21. The normalized spacial score (nSPS) is 14.1. The minimum atomic E-state index is -2.59. The first-order chi connectivity index (χ1) is 6.31. The maximum atomic E-state index is 10.7. The van der Waals surface area contributed by atoms with Crippen LogP contribution in [0.1, 0.15) is 12.8 Å². The Morgan fingerprint density at radius 2 is 1.71 bits per heavy atom. The van der Waals surface area contributed by atoms with Gasteiger partial charge in [0, 0.05) is 0 Å². The van der Waals surface area contributed by atoms with Crippen LogP contribution in [0.4, 0.5) is 0 Å². The molecule has 1 unspecified atom stereocenters. The molecule has 1 atom stereocenters. The molecule has 2 radical (unpaired) electrons. The van der Waals surface area contributed by atoms with Crippen LogP contribution in [-0.4, -0.2) is 64.0 Å². The summed E-state index contributed by atoms with van der Waals surface area (Å²) < 4.78 is 4.23. The van der Waals surface area contributed by atoms with E-state index in [-0.39, 0.29) is 25.2 Å². The molecule has 0 heterocycles. The van der Waals surface area contributed by atoms with E-state index < -0.39 is 36.4 Å². The van der Waals surface area contributed by atoms with Crippen LogP contribution in [0, 0.1) is 0 Å². The molecule has 14 heavy (non-hydrogen) atoms. The van der Waals surface area contributed by atoms with E-state index in [9.17, 15) is 19.5 Å². The molecule has 0 fully saturated rings. The summed E-state index contributed by atoms with van der Waals surface area (Å²) in [6.07, 6.45) is -1.92. The van der Waals surface area contributed by atoms with Crippen molar-refractivity contribution in [3.63, 3.8) is 0 Å². The van der Waals surface area contributed by atoms with Gasteiger partial charge in [-0.3, -0.25) is 0 Å². The topological polar surface area (TPSA) is 121 Å². The summed E-state index contributed by atoms with van der Waals surface area (Å²) in [5.41, 5.74) is -2.59. The summed E-state index contributed by atoms with van der Waals surface area (Å²) in [5, 5.41) is 26.1. The van der Waals surface area contributed by atoms with Gasteiger partial charge in [-0.1, -0.05) is 0 Å². The van der Waals surface area contributed by atoms with Gasteiger partial charge in [0.1, 0.15) is 0 Å². The molecule has 0 aromatic heterocycles. The van der Waals surface area contributed by atoms with Crippen LogP contribution < -0.4 is 0 Å². The standard InChI is InChI=1S/C6H8O7.Bi/c7-3(8)1-6(13,5(11)12)2-4(9)10;/h13H,1-2H2,(H,7,8)(H,9,10)(H,11,12);/q;+1/p-1. The third-order valence-corrected chi connectivity index (χ3v) is 2.17. The van der Waals surface area contributed by atoms with Crippen molar-refractivity contribution in [2.45, 2.75) is 18.4 Å². The summed E-state index contributed by atoms with van der Waals surface area (Å²) in [7, 11) is 0. The van der Waals surface area contributed by atoms with E-state index >= 15 is 0 Å². The molecule has 78 valence electrons. The van der Waals surface area contributed by atoms with Gasteiger partial charge in [0.15, 0.2) is 0 Å². The van der Waals surface area contributed by atoms with Gasteiger partial charge in [-0.05, 0) is 0 Å². The van der Waals surface area contributed by atoms with Crippen molar-refractivity contribution < 1.29 is 32.5 Å². The molecule has 0 bridgehead atoms. The maximum absolute atomic E-state index is 10.7. The number of aliphatic carboxylic acids is 2. The Bertz CT molecular complexity index is 263. The Morgan fingerprint density at radius 1 is 1.21 bits per heavy atom. The second-order valence-electron chi connectivity index (χ2n) is 2.55. The average molecular weight is 400 g/mol. The van der Waals surface area contributed by atoms with Gasteiger partial charge in [-0.2, -0.15) is 0 Å². The average Bonchev–Trinajstić information content (AvgIpc) is 2.02. The number of carbonyl (C=O) groups excluding carboxylic acids is 1. The SMILES string of the molecule is O=C(O)CC(O)(CC(=O)[O][Bi])C(=O)O. The van der Waals surface area contributed by atoms with E-state index in [0.29, 0.717) is 0 Å². The molecule has 0 aliphatic carbocycles. The molecule has 0 aliphatic rings. The number of aliphatic hydroxyl groups is 1. The Kier molecular flexibility index (Phi) is 4.93. The van der Waals surface area contributed by atoms with E-state index in [1.54, 1.807) is 0 Å². The second-order valence-corrected chi connectivity index (χ2v) is 3.26. The van der Waals surface area contributed by atoms with Crippen LogP contribution in [0.2, 0.25) is 0 Å². The molecule has 0 aliphatic heterocycles. The summed E-state index contributed by atoms with van der Waals surface area (Å²) in [5.74, 6) is -4.21. The molecule has 0 saturated carbocycles. The van der Waals surface area contributed by atoms with Gasteiger partial charge in [-0.15, -0.1) is 0 Å². The molecule has 7 nitrogen and oxygen atoms in total. The van der Waals surface area contributed by atoms with Crippen molar-refractivity contribution in [2.75, 3.05) is 0 Å². The van der Waals surface area contributed by atoms with Crippen LogP contribution in [0.15, 0.2) is 0 Å². The van der Waals surface area contributed by atoms with E-state index in [1.807, 2.05) is 0 Å². The fraction of sp³-hybridized carbons (Fsp3) is 0.500. The van der Waals surface area contributed by atoms with E-state index in [1.165, 1.54) is 0 Å². The molecule has 0 aromatic carbocycles. The fourth-order valence-electron chi connectivity index (χ4n) is 0.735. The first kappa shape index (κ1) is 13.3. The molecular weight excluding hydrogens is 393 g/mol. The molecule has 0 amide bonds. The van der Waals surface area contributed by atoms with Gasteiger partial charge < -0.3 is 0 Å². The number of hydrogen-bond donors (Lipinski definition) is 3. The number of carboxylic acid groups (broad SMARTS) is 2. The zero-order valence-electron chi connectivity index (χ0n) is 6.84. The molecule has 8 heteroatoms. The number of carboxylic acids is 2.